The van der Waals surface area contributed by atoms with E-state index in [4.69, 9.17) is 4.98 Å². The molecule has 0 spiro atoms. The molecule has 48 heavy (non-hydrogen) atoms. The van der Waals surface area contributed by atoms with E-state index in [0.717, 1.165) is 36.5 Å². The van der Waals surface area contributed by atoms with Crippen molar-refractivity contribution < 1.29 is 35.9 Å². The number of fused-ring (bicyclic) bond motifs is 3. The number of hydrogen-bond donors (Lipinski definition) is 1. The normalized spacial score (nSPS) is 12.8. The highest BCUT2D eigenvalue weighted by Crippen LogP contribution is 2.37. The van der Waals surface area contributed by atoms with Gasteiger partial charge in [0.1, 0.15) is 5.78 Å². The predicted molar refractivity (Wildman–Crippen MR) is 176 cm³/mol. The van der Waals surface area contributed by atoms with Crippen molar-refractivity contribution in [2.24, 2.45) is 5.92 Å². The number of hydrogen-bond acceptors (Lipinski definition) is 4. The van der Waals surface area contributed by atoms with Crippen molar-refractivity contribution in [2.45, 2.75) is 31.6 Å². The molecule has 5 nitrogen and oxygen atoms in total. The van der Waals surface area contributed by atoms with Gasteiger partial charge in [-0.15, -0.1) is 0 Å². The lowest BCUT2D eigenvalue weighted by Crippen LogP contribution is -2.27. The van der Waals surface area contributed by atoms with Crippen LogP contribution in [0, 0.1) is 5.92 Å². The molecule has 246 valence electrons. The molecule has 1 N–H and O–H groups in total. The lowest BCUT2D eigenvalue weighted by atomic mass is 9.90. The van der Waals surface area contributed by atoms with Gasteiger partial charge in [-0.25, -0.2) is 4.98 Å². The summed E-state index contributed by atoms with van der Waals surface area (Å²) < 4.78 is 84.2. The first-order chi connectivity index (χ1) is 22.7. The van der Waals surface area contributed by atoms with Gasteiger partial charge in [0.15, 0.2) is 4.96 Å². The maximum absolute atomic E-state index is 13.5. The number of anilines is 1. The van der Waals surface area contributed by atoms with Gasteiger partial charge < -0.3 is 5.32 Å². The van der Waals surface area contributed by atoms with Gasteiger partial charge in [-0.3, -0.25) is 14.0 Å². The number of nitrogens with one attached hydrogen (secondary N) is 1. The Balaban J connectivity index is 1.19. The lowest BCUT2D eigenvalue weighted by Gasteiger charge is -2.18. The first kappa shape index (κ1) is 33.4. The number of thiazole rings is 1. The van der Waals surface area contributed by atoms with E-state index in [1.54, 1.807) is 65.9 Å². The predicted octanol–water partition coefficient (Wildman–Crippen LogP) is 10.0. The zero-order valence-corrected chi connectivity index (χ0v) is 27.1. The Morgan fingerprint density at radius 2 is 1.50 bits per heavy atom. The average molecular weight is 745 g/mol. The SMILES string of the molecule is O=C(Cc1cc(C(F)(F)F)cc(C(F)(F)F)c1)C[C@@H](Cc1ccccc1)C(=O)Nc1ccc(-c2cn3c(n2)sc2cc(Br)ccc23)cc1. The van der Waals surface area contributed by atoms with Gasteiger partial charge in [-0.05, 0) is 66.1 Å². The van der Waals surface area contributed by atoms with E-state index in [1.807, 2.05) is 28.8 Å². The van der Waals surface area contributed by atoms with Crippen LogP contribution in [0.1, 0.15) is 28.7 Å². The van der Waals surface area contributed by atoms with E-state index < -0.39 is 59.5 Å². The van der Waals surface area contributed by atoms with Crippen LogP contribution in [0.25, 0.3) is 26.4 Å². The third-order valence-electron chi connectivity index (χ3n) is 7.72. The van der Waals surface area contributed by atoms with E-state index in [1.165, 1.54) is 0 Å². The highest BCUT2D eigenvalue weighted by molar-refractivity contribution is 9.10. The molecule has 1 amide bonds. The largest absolute Gasteiger partial charge is 0.416 e. The fourth-order valence-electron chi connectivity index (χ4n) is 5.43. The van der Waals surface area contributed by atoms with Gasteiger partial charge in [0.05, 0.1) is 27.0 Å². The number of Topliss-reactive ketones (excluding diaryl/α,β-unsaturated/α-hetero) is 1. The van der Waals surface area contributed by atoms with Gasteiger partial charge in [0.2, 0.25) is 5.91 Å². The quantitative estimate of drug-likeness (QED) is 0.150. The number of carbonyl (C=O) groups is 2. The summed E-state index contributed by atoms with van der Waals surface area (Å²) in [6.07, 6.45) is -9.11. The number of carbonyl (C=O) groups excluding carboxylic acids is 2. The van der Waals surface area contributed by atoms with Crippen molar-refractivity contribution >= 4 is 59.8 Å². The van der Waals surface area contributed by atoms with Gasteiger partial charge in [0.25, 0.3) is 0 Å². The standard InChI is InChI=1S/C35H24BrF6N3O2S/c36-26-8-11-30-31(18-26)48-33-44-29(19-45(30)33)22-6-9-27(10-7-22)43-32(47)23(12-20-4-2-1-3-5-20)16-28(46)15-21-13-24(34(37,38)39)17-25(14-21)35(40,41)42/h1-11,13-14,17-19,23H,12,15-16H2,(H,43,47)/t23-/m1/s1. The molecule has 2 heterocycles. The number of aromatic nitrogens is 2. The number of rotatable bonds is 9. The molecule has 4 aromatic carbocycles. The highest BCUT2D eigenvalue weighted by Gasteiger charge is 2.37. The van der Waals surface area contributed by atoms with Crippen LogP contribution in [-0.2, 0) is 34.8 Å². The number of nitrogens with zero attached hydrogens (tertiary/aromatic N) is 2. The summed E-state index contributed by atoms with van der Waals surface area (Å²) >= 11 is 5.03. The van der Waals surface area contributed by atoms with Gasteiger partial charge in [-0.2, -0.15) is 26.3 Å². The molecule has 0 saturated carbocycles. The summed E-state index contributed by atoms with van der Waals surface area (Å²) in [5.74, 6) is -2.13. The topological polar surface area (TPSA) is 63.5 Å². The second-order valence-corrected chi connectivity index (χ2v) is 13.2. The Morgan fingerprint density at radius 3 is 2.15 bits per heavy atom. The number of benzene rings is 4. The highest BCUT2D eigenvalue weighted by atomic mass is 79.9. The Kier molecular flexibility index (Phi) is 9.18. The van der Waals surface area contributed by atoms with Crippen LogP contribution in [0.15, 0.2) is 102 Å². The summed E-state index contributed by atoms with van der Waals surface area (Å²) in [6.45, 7) is 0. The maximum atomic E-state index is 13.5. The number of halogens is 7. The molecule has 0 fully saturated rings. The van der Waals surface area contributed by atoms with Crippen LogP contribution in [0.3, 0.4) is 0 Å². The molecule has 1 atom stereocenters. The monoisotopic (exact) mass is 743 g/mol. The first-order valence-electron chi connectivity index (χ1n) is 14.6. The van der Waals surface area contributed by atoms with Crippen molar-refractivity contribution in [1.82, 2.24) is 9.38 Å². The molecular formula is C35H24BrF6N3O2S. The molecule has 0 aliphatic carbocycles. The summed E-state index contributed by atoms with van der Waals surface area (Å²) in [4.78, 5) is 32.1. The molecule has 0 aliphatic heterocycles. The molecule has 0 bridgehead atoms. The molecule has 0 aliphatic rings. The molecular weight excluding hydrogens is 720 g/mol. The Morgan fingerprint density at radius 1 is 0.833 bits per heavy atom. The minimum atomic E-state index is -5.04. The van der Waals surface area contributed by atoms with E-state index >= 15 is 0 Å². The summed E-state index contributed by atoms with van der Waals surface area (Å²) in [5.41, 5.74) is 0.310. The molecule has 6 aromatic rings. The average Bonchev–Trinajstić information content (AvgIpc) is 3.58. The molecule has 0 radical (unpaired) electrons. The van der Waals surface area contributed by atoms with Gasteiger partial charge in [0, 0.05) is 40.7 Å². The zero-order chi connectivity index (χ0) is 34.2. The smallest absolute Gasteiger partial charge is 0.326 e. The van der Waals surface area contributed by atoms with Crippen molar-refractivity contribution in [3.05, 3.63) is 124 Å². The van der Waals surface area contributed by atoms with E-state index in [-0.39, 0.29) is 12.5 Å². The van der Waals surface area contributed by atoms with E-state index in [9.17, 15) is 35.9 Å². The molecule has 6 rings (SSSR count). The second-order valence-electron chi connectivity index (χ2n) is 11.3. The Bertz CT molecular complexity index is 2090. The Hall–Kier alpha value is -4.49. The van der Waals surface area contributed by atoms with Crippen LogP contribution in [0.4, 0.5) is 32.0 Å². The van der Waals surface area contributed by atoms with Crippen LogP contribution in [0.2, 0.25) is 0 Å². The van der Waals surface area contributed by atoms with Crippen molar-refractivity contribution in [3.8, 4) is 11.3 Å². The third kappa shape index (κ3) is 7.63. The fraction of sp³-hybridized carbons (Fsp3) is 0.171. The van der Waals surface area contributed by atoms with Crippen LogP contribution >= 0.6 is 27.3 Å². The number of amides is 1. The van der Waals surface area contributed by atoms with Crippen LogP contribution in [0.5, 0.6) is 0 Å². The molecule has 0 unspecified atom stereocenters. The Labute approximate surface area is 282 Å². The molecule has 0 saturated heterocycles. The van der Waals surface area contributed by atoms with E-state index in [0.29, 0.717) is 17.8 Å². The maximum Gasteiger partial charge on any atom is 0.416 e. The van der Waals surface area contributed by atoms with Gasteiger partial charge >= 0.3 is 12.4 Å². The minimum absolute atomic E-state index is 0.0155. The summed E-state index contributed by atoms with van der Waals surface area (Å²) in [6, 6.07) is 22.9. The van der Waals surface area contributed by atoms with E-state index in [2.05, 4.69) is 21.2 Å². The van der Waals surface area contributed by atoms with Crippen LogP contribution in [-0.4, -0.2) is 21.1 Å². The fourth-order valence-corrected chi connectivity index (χ4v) is 6.99. The first-order valence-corrected chi connectivity index (χ1v) is 16.2. The third-order valence-corrected chi connectivity index (χ3v) is 9.23. The van der Waals surface area contributed by atoms with Gasteiger partial charge in [-0.1, -0.05) is 69.7 Å². The number of alkyl halides is 6. The summed E-state index contributed by atoms with van der Waals surface area (Å²) in [7, 11) is 0. The zero-order valence-electron chi connectivity index (χ0n) is 24.7. The minimum Gasteiger partial charge on any atom is -0.326 e. The van der Waals surface area contributed by atoms with Crippen molar-refractivity contribution in [1.29, 1.82) is 0 Å². The second kappa shape index (κ2) is 13.2. The van der Waals surface area contributed by atoms with Crippen LogP contribution < -0.4 is 5.32 Å². The van der Waals surface area contributed by atoms with Crippen molar-refractivity contribution in [3.63, 3.8) is 0 Å². The van der Waals surface area contributed by atoms with Crippen molar-refractivity contribution in [2.75, 3.05) is 5.32 Å². The molecule has 13 heteroatoms. The number of imidazole rings is 1. The lowest BCUT2D eigenvalue weighted by molar-refractivity contribution is -0.143. The molecule has 2 aromatic heterocycles. The summed E-state index contributed by atoms with van der Waals surface area (Å²) in [5, 5.41) is 2.80. The number of ketones is 1.